The summed E-state index contributed by atoms with van der Waals surface area (Å²) in [5, 5.41) is 18.3. The molecule has 20 heavy (non-hydrogen) atoms. The first-order valence-corrected chi connectivity index (χ1v) is 7.13. The van der Waals surface area contributed by atoms with Gasteiger partial charge in [0.05, 0.1) is 18.0 Å². The van der Waals surface area contributed by atoms with Crippen LogP contribution in [0.15, 0.2) is 4.99 Å². The number of aromatic nitrogens is 2. The Labute approximate surface area is 119 Å². The summed E-state index contributed by atoms with van der Waals surface area (Å²) in [6, 6.07) is 0. The van der Waals surface area contributed by atoms with Crippen molar-refractivity contribution >= 4 is 28.5 Å². The summed E-state index contributed by atoms with van der Waals surface area (Å²) in [6.07, 6.45) is 0.207. The highest BCUT2D eigenvalue weighted by molar-refractivity contribution is 8.14. The van der Waals surface area contributed by atoms with E-state index < -0.39 is 4.92 Å². The average Bonchev–Trinajstić information content (AvgIpc) is 2.95. The maximum Gasteiger partial charge on any atom is 0.312 e. The highest BCUT2D eigenvalue weighted by Gasteiger charge is 2.22. The Morgan fingerprint density at radius 1 is 1.55 bits per heavy atom. The van der Waals surface area contributed by atoms with Crippen molar-refractivity contribution in [2.45, 2.75) is 26.8 Å². The van der Waals surface area contributed by atoms with Gasteiger partial charge in [0.1, 0.15) is 11.4 Å². The monoisotopic (exact) mass is 297 g/mol. The highest BCUT2D eigenvalue weighted by atomic mass is 32.2. The van der Waals surface area contributed by atoms with E-state index in [1.54, 1.807) is 13.8 Å². The number of hydrogen-bond acceptors (Lipinski definition) is 6. The van der Waals surface area contributed by atoms with Crippen LogP contribution in [-0.4, -0.2) is 38.1 Å². The maximum atomic E-state index is 11.7. The zero-order valence-electron chi connectivity index (χ0n) is 11.3. The van der Waals surface area contributed by atoms with Crippen LogP contribution < -0.4 is 5.32 Å². The smallest absolute Gasteiger partial charge is 0.305 e. The second-order valence-corrected chi connectivity index (χ2v) is 5.42. The Bertz CT molecular complexity index is 581. The van der Waals surface area contributed by atoms with E-state index in [1.807, 2.05) is 0 Å². The number of carbonyl (C=O) groups excluding carboxylic acids is 1. The number of hydrogen-bond donors (Lipinski definition) is 1. The molecule has 1 N–H and O–H groups in total. The quantitative estimate of drug-likeness (QED) is 0.660. The number of rotatable bonds is 4. The van der Waals surface area contributed by atoms with Crippen molar-refractivity contribution in [3.05, 3.63) is 21.5 Å². The van der Waals surface area contributed by atoms with Gasteiger partial charge in [-0.3, -0.25) is 24.6 Å². The van der Waals surface area contributed by atoms with Gasteiger partial charge in [-0.1, -0.05) is 11.8 Å². The largest absolute Gasteiger partial charge is 0.312 e. The van der Waals surface area contributed by atoms with Gasteiger partial charge in [0.2, 0.25) is 5.91 Å². The Kier molecular flexibility index (Phi) is 4.38. The first kappa shape index (κ1) is 14.5. The molecule has 0 unspecified atom stereocenters. The van der Waals surface area contributed by atoms with Crippen molar-refractivity contribution in [2.24, 2.45) is 4.99 Å². The second-order valence-electron chi connectivity index (χ2n) is 4.33. The number of amides is 1. The van der Waals surface area contributed by atoms with Crippen LogP contribution in [-0.2, 0) is 11.3 Å². The summed E-state index contributed by atoms with van der Waals surface area (Å²) in [5.41, 5.74) is 0.845. The van der Waals surface area contributed by atoms with E-state index in [2.05, 4.69) is 15.4 Å². The molecule has 1 aliphatic rings. The fraction of sp³-hybridized carbons (Fsp3) is 0.545. The lowest BCUT2D eigenvalue weighted by molar-refractivity contribution is -0.386. The molecule has 0 spiro atoms. The zero-order valence-corrected chi connectivity index (χ0v) is 12.1. The van der Waals surface area contributed by atoms with E-state index in [0.717, 1.165) is 12.3 Å². The fourth-order valence-corrected chi connectivity index (χ4v) is 2.71. The zero-order chi connectivity index (χ0) is 14.7. The third kappa shape index (κ3) is 3.16. The molecule has 0 saturated carbocycles. The minimum atomic E-state index is -0.446. The van der Waals surface area contributed by atoms with Crippen LogP contribution in [0, 0.1) is 24.0 Å². The molecule has 9 heteroatoms. The molecule has 2 heterocycles. The first-order chi connectivity index (χ1) is 9.49. The number of carbonyl (C=O) groups is 1. The lowest BCUT2D eigenvalue weighted by Crippen LogP contribution is -2.28. The molecule has 1 aromatic heterocycles. The van der Waals surface area contributed by atoms with E-state index in [1.165, 1.54) is 16.4 Å². The van der Waals surface area contributed by atoms with Gasteiger partial charge in [-0.25, -0.2) is 0 Å². The van der Waals surface area contributed by atoms with Gasteiger partial charge < -0.3 is 5.32 Å². The van der Waals surface area contributed by atoms with Crippen molar-refractivity contribution in [3.63, 3.8) is 0 Å². The van der Waals surface area contributed by atoms with Crippen LogP contribution in [0.3, 0.4) is 0 Å². The molecule has 8 nitrogen and oxygen atoms in total. The van der Waals surface area contributed by atoms with Gasteiger partial charge in [-0.05, 0) is 13.8 Å². The van der Waals surface area contributed by atoms with Gasteiger partial charge in [0.25, 0.3) is 0 Å². The summed E-state index contributed by atoms with van der Waals surface area (Å²) in [5.74, 6) is 0.729. The maximum absolute atomic E-state index is 11.7. The summed E-state index contributed by atoms with van der Waals surface area (Å²) in [6.45, 7) is 4.26. The third-order valence-corrected chi connectivity index (χ3v) is 3.80. The molecule has 1 amide bonds. The van der Waals surface area contributed by atoms with Crippen LogP contribution in [0.1, 0.15) is 17.8 Å². The minimum Gasteiger partial charge on any atom is -0.305 e. The topological polar surface area (TPSA) is 102 Å². The normalized spacial score (nSPS) is 14.2. The van der Waals surface area contributed by atoms with Crippen molar-refractivity contribution in [1.82, 2.24) is 15.1 Å². The summed E-state index contributed by atoms with van der Waals surface area (Å²) in [7, 11) is 0. The number of aliphatic imine (C=N–C) groups is 1. The van der Waals surface area contributed by atoms with E-state index in [0.29, 0.717) is 23.1 Å². The van der Waals surface area contributed by atoms with Crippen molar-refractivity contribution < 1.29 is 9.72 Å². The number of nitrogens with one attached hydrogen (secondary N) is 1. The summed E-state index contributed by atoms with van der Waals surface area (Å²) >= 11 is 1.51. The van der Waals surface area contributed by atoms with E-state index in [9.17, 15) is 14.9 Å². The Morgan fingerprint density at radius 3 is 2.85 bits per heavy atom. The predicted molar refractivity (Wildman–Crippen MR) is 75.9 cm³/mol. The minimum absolute atomic E-state index is 0.0149. The molecule has 0 atom stereocenters. The van der Waals surface area contributed by atoms with Crippen LogP contribution in [0.25, 0.3) is 0 Å². The Hall–Kier alpha value is -1.90. The SMILES string of the molecule is Cc1nn(CCC(=O)NC2=NCCS2)c(C)c1[N+](=O)[O-]. The first-order valence-electron chi connectivity index (χ1n) is 6.14. The molecule has 0 saturated heterocycles. The molecular formula is C11H15N5O3S. The van der Waals surface area contributed by atoms with Crippen LogP contribution >= 0.6 is 11.8 Å². The predicted octanol–water partition coefficient (Wildman–Crippen LogP) is 1.02. The number of nitro groups is 1. The van der Waals surface area contributed by atoms with Gasteiger partial charge in [-0.2, -0.15) is 5.10 Å². The van der Waals surface area contributed by atoms with Crippen LogP contribution in [0.5, 0.6) is 0 Å². The van der Waals surface area contributed by atoms with Crippen molar-refractivity contribution in [3.8, 4) is 0 Å². The Morgan fingerprint density at radius 2 is 2.30 bits per heavy atom. The number of nitrogens with zero attached hydrogens (tertiary/aromatic N) is 4. The van der Waals surface area contributed by atoms with Gasteiger partial charge in [0.15, 0.2) is 5.17 Å². The van der Waals surface area contributed by atoms with Crippen molar-refractivity contribution in [1.29, 1.82) is 0 Å². The summed E-state index contributed by atoms with van der Waals surface area (Å²) in [4.78, 5) is 26.3. The lowest BCUT2D eigenvalue weighted by Gasteiger charge is -2.05. The number of thioether (sulfide) groups is 1. The molecule has 0 aromatic carbocycles. The van der Waals surface area contributed by atoms with Crippen LogP contribution in [0.4, 0.5) is 5.69 Å². The number of aryl methyl sites for hydroxylation is 2. The lowest BCUT2D eigenvalue weighted by atomic mass is 10.3. The number of amidine groups is 1. The van der Waals surface area contributed by atoms with E-state index >= 15 is 0 Å². The van der Waals surface area contributed by atoms with Gasteiger partial charge >= 0.3 is 5.69 Å². The average molecular weight is 297 g/mol. The van der Waals surface area contributed by atoms with Crippen molar-refractivity contribution in [2.75, 3.05) is 12.3 Å². The molecule has 1 aliphatic heterocycles. The van der Waals surface area contributed by atoms with Gasteiger partial charge in [0, 0.05) is 12.2 Å². The second kappa shape index (κ2) is 6.04. The Balaban J connectivity index is 1.95. The van der Waals surface area contributed by atoms with E-state index in [4.69, 9.17) is 0 Å². The van der Waals surface area contributed by atoms with Crippen LogP contribution in [0.2, 0.25) is 0 Å². The molecule has 0 fully saturated rings. The molecular weight excluding hydrogens is 282 g/mol. The summed E-state index contributed by atoms with van der Waals surface area (Å²) < 4.78 is 1.50. The third-order valence-electron chi connectivity index (χ3n) is 2.91. The highest BCUT2D eigenvalue weighted by Crippen LogP contribution is 2.21. The molecule has 108 valence electrons. The van der Waals surface area contributed by atoms with E-state index in [-0.39, 0.29) is 18.0 Å². The molecule has 0 bridgehead atoms. The van der Waals surface area contributed by atoms with Gasteiger partial charge in [-0.15, -0.1) is 0 Å². The molecule has 0 radical (unpaired) electrons. The molecule has 1 aromatic rings. The molecule has 2 rings (SSSR count). The standard InChI is InChI=1S/C11H15N5O3S/c1-7-10(16(18)19)8(2)15(14-7)5-3-9(17)13-11-12-4-6-20-11/h3-6H2,1-2H3,(H,12,13,17). The fourth-order valence-electron chi connectivity index (χ4n) is 1.97. The molecule has 0 aliphatic carbocycles.